The molecule has 0 spiro atoms. The molecule has 2 N–H and O–H groups in total. The number of nitrogens with one attached hydrogen (secondary N) is 2. The molecule has 0 aliphatic heterocycles. The lowest BCUT2D eigenvalue weighted by Gasteiger charge is -2.19. The summed E-state index contributed by atoms with van der Waals surface area (Å²) in [5.74, 6) is 0.468. The van der Waals surface area contributed by atoms with Crippen molar-refractivity contribution in [2.45, 2.75) is 53.5 Å². The standard InChI is InChI=1S/C28H36N4O4/c1-7-32-20(3)26(19(2)31-32)30-25(33)18-36-24-11-9-8-10-23(24)27(34)29-16-17-35-22-14-12-21(13-15-22)28(4,5)6/h8-15H,7,16-18H2,1-6H3,(H,29,34)(H,30,33). The summed E-state index contributed by atoms with van der Waals surface area (Å²) < 4.78 is 13.3. The van der Waals surface area contributed by atoms with Gasteiger partial charge in [-0.25, -0.2) is 0 Å². The van der Waals surface area contributed by atoms with Gasteiger partial charge >= 0.3 is 0 Å². The molecule has 192 valence electrons. The van der Waals surface area contributed by atoms with Crippen molar-refractivity contribution in [3.63, 3.8) is 0 Å². The van der Waals surface area contributed by atoms with E-state index in [0.717, 1.165) is 23.7 Å². The van der Waals surface area contributed by atoms with Crippen LogP contribution in [0.5, 0.6) is 11.5 Å². The van der Waals surface area contributed by atoms with Crippen LogP contribution in [0.2, 0.25) is 0 Å². The molecule has 36 heavy (non-hydrogen) atoms. The maximum Gasteiger partial charge on any atom is 0.262 e. The van der Waals surface area contributed by atoms with Gasteiger partial charge in [-0.15, -0.1) is 0 Å². The Bertz CT molecular complexity index is 1190. The van der Waals surface area contributed by atoms with Gasteiger partial charge in [0, 0.05) is 6.54 Å². The van der Waals surface area contributed by atoms with E-state index >= 15 is 0 Å². The van der Waals surface area contributed by atoms with Gasteiger partial charge in [-0.2, -0.15) is 5.10 Å². The first-order chi connectivity index (χ1) is 17.1. The van der Waals surface area contributed by atoms with E-state index < -0.39 is 0 Å². The summed E-state index contributed by atoms with van der Waals surface area (Å²) >= 11 is 0. The molecule has 8 nitrogen and oxygen atoms in total. The molecule has 0 bridgehead atoms. The van der Waals surface area contributed by atoms with Crippen LogP contribution in [0.1, 0.15) is 55.0 Å². The highest BCUT2D eigenvalue weighted by Gasteiger charge is 2.16. The van der Waals surface area contributed by atoms with Crippen molar-refractivity contribution in [1.29, 1.82) is 0 Å². The van der Waals surface area contributed by atoms with Crippen LogP contribution in [0.15, 0.2) is 48.5 Å². The highest BCUT2D eigenvalue weighted by Crippen LogP contribution is 2.24. The van der Waals surface area contributed by atoms with Crippen LogP contribution in [0.4, 0.5) is 5.69 Å². The van der Waals surface area contributed by atoms with Gasteiger partial charge < -0.3 is 20.1 Å². The number of ether oxygens (including phenoxy) is 2. The number of anilines is 1. The zero-order valence-electron chi connectivity index (χ0n) is 22.0. The van der Waals surface area contributed by atoms with Crippen molar-refractivity contribution in [2.75, 3.05) is 25.1 Å². The lowest BCUT2D eigenvalue weighted by atomic mass is 9.87. The molecule has 0 aliphatic carbocycles. The monoisotopic (exact) mass is 492 g/mol. The van der Waals surface area contributed by atoms with Crippen molar-refractivity contribution < 1.29 is 19.1 Å². The number of aryl methyl sites for hydroxylation is 2. The fraction of sp³-hybridized carbons (Fsp3) is 0.393. The predicted octanol–water partition coefficient (Wildman–Crippen LogP) is 4.64. The first-order valence-corrected chi connectivity index (χ1v) is 12.2. The second-order valence-electron chi connectivity index (χ2n) is 9.57. The van der Waals surface area contributed by atoms with E-state index in [1.807, 2.05) is 37.6 Å². The van der Waals surface area contributed by atoms with Crippen molar-refractivity contribution >= 4 is 17.5 Å². The van der Waals surface area contributed by atoms with E-state index in [4.69, 9.17) is 9.47 Å². The number of aromatic nitrogens is 2. The van der Waals surface area contributed by atoms with E-state index in [2.05, 4.69) is 48.6 Å². The smallest absolute Gasteiger partial charge is 0.262 e. The summed E-state index contributed by atoms with van der Waals surface area (Å²) in [4.78, 5) is 25.2. The lowest BCUT2D eigenvalue weighted by Crippen LogP contribution is -2.29. The maximum atomic E-state index is 12.7. The molecule has 0 atom stereocenters. The number of hydrogen-bond donors (Lipinski definition) is 2. The Labute approximate surface area is 213 Å². The average molecular weight is 493 g/mol. The second-order valence-corrected chi connectivity index (χ2v) is 9.57. The molecule has 8 heteroatoms. The van der Waals surface area contributed by atoms with Crippen LogP contribution in [0, 0.1) is 13.8 Å². The summed E-state index contributed by atoms with van der Waals surface area (Å²) in [6.45, 7) is 13.4. The summed E-state index contributed by atoms with van der Waals surface area (Å²) in [5.41, 5.74) is 3.98. The van der Waals surface area contributed by atoms with Gasteiger partial charge in [0.15, 0.2) is 6.61 Å². The highest BCUT2D eigenvalue weighted by molar-refractivity contribution is 5.97. The van der Waals surface area contributed by atoms with Crippen LogP contribution < -0.4 is 20.1 Å². The molecule has 0 fully saturated rings. The number of benzene rings is 2. The third-order valence-corrected chi connectivity index (χ3v) is 5.81. The second kappa shape index (κ2) is 11.7. The van der Waals surface area contributed by atoms with E-state index in [1.165, 1.54) is 5.56 Å². The van der Waals surface area contributed by atoms with Gasteiger partial charge in [-0.05, 0) is 56.0 Å². The predicted molar refractivity (Wildman–Crippen MR) is 141 cm³/mol. The van der Waals surface area contributed by atoms with Crippen LogP contribution in [-0.4, -0.2) is 41.4 Å². The van der Waals surface area contributed by atoms with E-state index in [1.54, 1.807) is 24.3 Å². The molecular formula is C28H36N4O4. The topological polar surface area (TPSA) is 94.5 Å². The number of amides is 2. The largest absolute Gasteiger partial charge is 0.492 e. The minimum Gasteiger partial charge on any atom is -0.492 e. The van der Waals surface area contributed by atoms with Crippen LogP contribution >= 0.6 is 0 Å². The maximum absolute atomic E-state index is 12.7. The summed E-state index contributed by atoms with van der Waals surface area (Å²) in [6.07, 6.45) is 0. The Hall–Kier alpha value is -3.81. The van der Waals surface area contributed by atoms with Gasteiger partial charge in [-0.3, -0.25) is 14.3 Å². The van der Waals surface area contributed by atoms with Crippen molar-refractivity contribution in [3.05, 3.63) is 71.0 Å². The fourth-order valence-corrected chi connectivity index (χ4v) is 3.76. The molecule has 0 saturated heterocycles. The van der Waals surface area contributed by atoms with E-state index in [0.29, 0.717) is 30.2 Å². The number of hydrogen-bond acceptors (Lipinski definition) is 5. The first-order valence-electron chi connectivity index (χ1n) is 12.2. The average Bonchev–Trinajstić information content (AvgIpc) is 3.12. The van der Waals surface area contributed by atoms with Crippen LogP contribution in [-0.2, 0) is 16.8 Å². The Morgan fingerprint density at radius 1 is 1.00 bits per heavy atom. The number of nitrogens with zero attached hydrogens (tertiary/aromatic N) is 2. The summed E-state index contributed by atoms with van der Waals surface area (Å²) in [6, 6.07) is 14.8. The van der Waals surface area contributed by atoms with Gasteiger partial charge in [0.25, 0.3) is 11.8 Å². The molecule has 0 unspecified atom stereocenters. The fourth-order valence-electron chi connectivity index (χ4n) is 3.76. The molecule has 3 aromatic rings. The zero-order chi connectivity index (χ0) is 26.3. The van der Waals surface area contributed by atoms with E-state index in [9.17, 15) is 9.59 Å². The number of para-hydroxylation sites is 1. The Kier molecular flexibility index (Phi) is 8.74. The lowest BCUT2D eigenvalue weighted by molar-refractivity contribution is -0.118. The van der Waals surface area contributed by atoms with Crippen molar-refractivity contribution in [1.82, 2.24) is 15.1 Å². The number of rotatable bonds is 10. The van der Waals surface area contributed by atoms with Crippen molar-refractivity contribution in [2.24, 2.45) is 0 Å². The zero-order valence-corrected chi connectivity index (χ0v) is 22.0. The van der Waals surface area contributed by atoms with Crippen molar-refractivity contribution in [3.8, 4) is 11.5 Å². The minimum absolute atomic E-state index is 0.0822. The summed E-state index contributed by atoms with van der Waals surface area (Å²) in [5, 5.41) is 10.1. The van der Waals surface area contributed by atoms with Gasteiger partial charge in [0.1, 0.15) is 18.1 Å². The van der Waals surface area contributed by atoms with Gasteiger partial charge in [-0.1, -0.05) is 45.0 Å². The molecule has 0 saturated carbocycles. The number of carbonyl (C=O) groups is 2. The molecule has 2 amide bonds. The Morgan fingerprint density at radius 2 is 1.69 bits per heavy atom. The third-order valence-electron chi connectivity index (χ3n) is 5.81. The Balaban J connectivity index is 1.50. The van der Waals surface area contributed by atoms with Gasteiger partial charge in [0.2, 0.25) is 0 Å². The number of carbonyl (C=O) groups excluding carboxylic acids is 2. The molecular weight excluding hydrogens is 456 g/mol. The molecule has 3 rings (SSSR count). The third kappa shape index (κ3) is 6.87. The quantitative estimate of drug-likeness (QED) is 0.402. The Morgan fingerprint density at radius 3 is 2.33 bits per heavy atom. The highest BCUT2D eigenvalue weighted by atomic mass is 16.5. The molecule has 0 aliphatic rings. The normalized spacial score (nSPS) is 11.2. The first kappa shape index (κ1) is 26.8. The molecule has 2 aromatic carbocycles. The van der Waals surface area contributed by atoms with E-state index in [-0.39, 0.29) is 23.8 Å². The molecule has 0 radical (unpaired) electrons. The van der Waals surface area contributed by atoms with Crippen LogP contribution in [0.25, 0.3) is 0 Å². The van der Waals surface area contributed by atoms with Crippen LogP contribution in [0.3, 0.4) is 0 Å². The summed E-state index contributed by atoms with van der Waals surface area (Å²) in [7, 11) is 0. The van der Waals surface area contributed by atoms with Gasteiger partial charge in [0.05, 0.1) is 29.2 Å². The minimum atomic E-state index is -0.321. The molecule has 1 heterocycles. The molecule has 1 aromatic heterocycles. The SMILES string of the molecule is CCn1nc(C)c(NC(=O)COc2ccccc2C(=O)NCCOc2ccc(C(C)(C)C)cc2)c1C.